The van der Waals surface area contributed by atoms with Gasteiger partial charge in [-0.05, 0) is 46.5 Å². The van der Waals surface area contributed by atoms with E-state index in [1.807, 2.05) is 0 Å². The van der Waals surface area contributed by atoms with Crippen molar-refractivity contribution in [1.82, 2.24) is 10.2 Å². The van der Waals surface area contributed by atoms with Crippen molar-refractivity contribution in [2.45, 2.75) is 83.5 Å². The van der Waals surface area contributed by atoms with Crippen LogP contribution in [-0.4, -0.2) is 47.8 Å². The van der Waals surface area contributed by atoms with Gasteiger partial charge < -0.3 is 10.1 Å². The van der Waals surface area contributed by atoms with Gasteiger partial charge in [-0.3, -0.25) is 4.90 Å². The third-order valence-electron chi connectivity index (χ3n) is 5.32. The Labute approximate surface area is 119 Å². The van der Waals surface area contributed by atoms with Crippen LogP contribution in [0.15, 0.2) is 0 Å². The molecule has 0 spiro atoms. The molecule has 2 unspecified atom stereocenters. The normalized spacial score (nSPS) is 35.2. The molecule has 2 atom stereocenters. The number of hydrogen-bond donors (Lipinski definition) is 1. The summed E-state index contributed by atoms with van der Waals surface area (Å²) in [5.41, 5.74) is 0.379. The summed E-state index contributed by atoms with van der Waals surface area (Å²) in [5, 5.41) is 3.80. The number of piperazine rings is 1. The SMILES string of the molecule is CCC1(CC)CN(C2CCOC(C)(C)C2)C(C)CN1. The van der Waals surface area contributed by atoms with Crippen molar-refractivity contribution in [2.75, 3.05) is 19.7 Å². The molecule has 1 N–H and O–H groups in total. The molecule has 19 heavy (non-hydrogen) atoms. The van der Waals surface area contributed by atoms with E-state index in [9.17, 15) is 0 Å². The largest absolute Gasteiger partial charge is 0.375 e. The van der Waals surface area contributed by atoms with Crippen LogP contribution >= 0.6 is 0 Å². The molecule has 2 aliphatic rings. The molecule has 112 valence electrons. The van der Waals surface area contributed by atoms with Crippen molar-refractivity contribution in [1.29, 1.82) is 0 Å². The molecule has 2 fully saturated rings. The standard InChI is InChI=1S/C16H32N2O/c1-6-16(7-2)12-18(13(3)11-17-16)14-8-9-19-15(4,5)10-14/h13-14,17H,6-12H2,1-5H3. The topological polar surface area (TPSA) is 24.5 Å². The highest BCUT2D eigenvalue weighted by molar-refractivity contribution is 4.99. The van der Waals surface area contributed by atoms with Gasteiger partial charge in [0.2, 0.25) is 0 Å². The van der Waals surface area contributed by atoms with Crippen LogP contribution < -0.4 is 5.32 Å². The van der Waals surface area contributed by atoms with E-state index in [0.717, 1.165) is 13.2 Å². The predicted octanol–water partition coefficient (Wildman–Crippen LogP) is 2.80. The zero-order chi connectivity index (χ0) is 14.1. The number of nitrogens with zero attached hydrogens (tertiary/aromatic N) is 1. The second kappa shape index (κ2) is 5.71. The Morgan fingerprint density at radius 1 is 1.26 bits per heavy atom. The molecule has 2 heterocycles. The Bertz CT molecular complexity index is 299. The Hall–Kier alpha value is -0.120. The Morgan fingerprint density at radius 2 is 1.95 bits per heavy atom. The zero-order valence-corrected chi connectivity index (χ0v) is 13.5. The third kappa shape index (κ3) is 3.32. The number of nitrogens with one attached hydrogen (secondary N) is 1. The number of hydrogen-bond acceptors (Lipinski definition) is 3. The molecule has 2 aliphatic heterocycles. The maximum absolute atomic E-state index is 5.88. The van der Waals surface area contributed by atoms with E-state index in [2.05, 4.69) is 44.8 Å². The van der Waals surface area contributed by atoms with E-state index in [1.54, 1.807) is 0 Å². The summed E-state index contributed by atoms with van der Waals surface area (Å²) in [6.07, 6.45) is 4.80. The first kappa shape index (κ1) is 15.3. The molecule has 0 amide bonds. The van der Waals surface area contributed by atoms with Gasteiger partial charge in [0, 0.05) is 37.3 Å². The molecular weight excluding hydrogens is 236 g/mol. The quantitative estimate of drug-likeness (QED) is 0.852. The van der Waals surface area contributed by atoms with E-state index in [1.165, 1.54) is 32.2 Å². The van der Waals surface area contributed by atoms with E-state index < -0.39 is 0 Å². The van der Waals surface area contributed by atoms with E-state index in [4.69, 9.17) is 4.74 Å². The fourth-order valence-electron chi connectivity index (χ4n) is 3.74. The third-order valence-corrected chi connectivity index (χ3v) is 5.32. The average Bonchev–Trinajstić information content (AvgIpc) is 2.39. The monoisotopic (exact) mass is 268 g/mol. The highest BCUT2D eigenvalue weighted by Crippen LogP contribution is 2.32. The second-order valence-corrected chi connectivity index (χ2v) is 7.14. The first-order valence-electron chi connectivity index (χ1n) is 8.06. The minimum absolute atomic E-state index is 0.0502. The van der Waals surface area contributed by atoms with Crippen LogP contribution in [0.5, 0.6) is 0 Å². The smallest absolute Gasteiger partial charge is 0.0641 e. The van der Waals surface area contributed by atoms with Crippen LogP contribution in [0.25, 0.3) is 0 Å². The van der Waals surface area contributed by atoms with Crippen molar-refractivity contribution < 1.29 is 4.74 Å². The molecule has 0 aliphatic carbocycles. The average molecular weight is 268 g/mol. The van der Waals surface area contributed by atoms with Crippen molar-refractivity contribution >= 4 is 0 Å². The summed E-state index contributed by atoms with van der Waals surface area (Å²) < 4.78 is 5.88. The minimum atomic E-state index is 0.0502. The lowest BCUT2D eigenvalue weighted by molar-refractivity contribution is -0.0975. The highest BCUT2D eigenvalue weighted by atomic mass is 16.5. The molecule has 0 aromatic carbocycles. The van der Waals surface area contributed by atoms with Crippen LogP contribution in [-0.2, 0) is 4.74 Å². The summed E-state index contributed by atoms with van der Waals surface area (Å²) in [6.45, 7) is 14.7. The zero-order valence-electron chi connectivity index (χ0n) is 13.5. The summed E-state index contributed by atoms with van der Waals surface area (Å²) >= 11 is 0. The van der Waals surface area contributed by atoms with Gasteiger partial charge in [0.25, 0.3) is 0 Å². The summed E-state index contributed by atoms with van der Waals surface area (Å²) in [4.78, 5) is 2.76. The molecule has 0 radical (unpaired) electrons. The van der Waals surface area contributed by atoms with Crippen molar-refractivity contribution in [3.63, 3.8) is 0 Å². The first-order chi connectivity index (χ1) is 8.91. The molecule has 2 saturated heterocycles. The van der Waals surface area contributed by atoms with Crippen LogP contribution in [0.3, 0.4) is 0 Å². The van der Waals surface area contributed by atoms with Gasteiger partial charge in [-0.15, -0.1) is 0 Å². The van der Waals surface area contributed by atoms with E-state index in [0.29, 0.717) is 17.6 Å². The Morgan fingerprint density at radius 3 is 2.53 bits per heavy atom. The second-order valence-electron chi connectivity index (χ2n) is 7.14. The molecule has 3 heteroatoms. The molecular formula is C16H32N2O. The summed E-state index contributed by atoms with van der Waals surface area (Å²) in [7, 11) is 0. The first-order valence-corrected chi connectivity index (χ1v) is 8.06. The molecule has 2 rings (SSSR count). The fraction of sp³-hybridized carbons (Fsp3) is 1.00. The Kier molecular flexibility index (Phi) is 4.59. The van der Waals surface area contributed by atoms with Crippen LogP contribution in [0.1, 0.15) is 60.3 Å². The van der Waals surface area contributed by atoms with E-state index in [-0.39, 0.29) is 5.60 Å². The lowest BCUT2D eigenvalue weighted by atomic mass is 9.85. The number of ether oxygens (including phenoxy) is 1. The minimum Gasteiger partial charge on any atom is -0.375 e. The van der Waals surface area contributed by atoms with Crippen LogP contribution in [0.4, 0.5) is 0 Å². The number of rotatable bonds is 3. The molecule has 0 bridgehead atoms. The van der Waals surface area contributed by atoms with Gasteiger partial charge in [0.1, 0.15) is 0 Å². The highest BCUT2D eigenvalue weighted by Gasteiger charge is 2.40. The van der Waals surface area contributed by atoms with Gasteiger partial charge in [0.15, 0.2) is 0 Å². The molecule has 0 aromatic heterocycles. The van der Waals surface area contributed by atoms with Crippen molar-refractivity contribution in [3.05, 3.63) is 0 Å². The van der Waals surface area contributed by atoms with Gasteiger partial charge in [0.05, 0.1) is 5.60 Å². The van der Waals surface area contributed by atoms with Gasteiger partial charge >= 0.3 is 0 Å². The van der Waals surface area contributed by atoms with Crippen LogP contribution in [0, 0.1) is 0 Å². The van der Waals surface area contributed by atoms with Crippen molar-refractivity contribution in [2.24, 2.45) is 0 Å². The lowest BCUT2D eigenvalue weighted by Gasteiger charge is -2.52. The Balaban J connectivity index is 2.08. The molecule has 0 saturated carbocycles. The van der Waals surface area contributed by atoms with Gasteiger partial charge in [-0.25, -0.2) is 0 Å². The maximum Gasteiger partial charge on any atom is 0.0641 e. The fourth-order valence-corrected chi connectivity index (χ4v) is 3.74. The summed E-state index contributed by atoms with van der Waals surface area (Å²) in [6, 6.07) is 1.34. The predicted molar refractivity (Wildman–Crippen MR) is 80.5 cm³/mol. The molecule has 0 aromatic rings. The van der Waals surface area contributed by atoms with E-state index >= 15 is 0 Å². The van der Waals surface area contributed by atoms with Gasteiger partial charge in [-0.2, -0.15) is 0 Å². The maximum atomic E-state index is 5.88. The summed E-state index contributed by atoms with van der Waals surface area (Å²) in [5.74, 6) is 0. The lowest BCUT2D eigenvalue weighted by Crippen LogP contribution is -2.66. The van der Waals surface area contributed by atoms with Crippen LogP contribution in [0.2, 0.25) is 0 Å². The molecule has 3 nitrogen and oxygen atoms in total. The van der Waals surface area contributed by atoms with Crippen molar-refractivity contribution in [3.8, 4) is 0 Å². The van der Waals surface area contributed by atoms with Gasteiger partial charge in [-0.1, -0.05) is 13.8 Å².